The quantitative estimate of drug-likeness (QED) is 0.119. The lowest BCUT2D eigenvalue weighted by Crippen LogP contribution is -2.25. The summed E-state index contributed by atoms with van der Waals surface area (Å²) in [6.07, 6.45) is 1.77. The first-order chi connectivity index (χ1) is 29.0. The van der Waals surface area contributed by atoms with E-state index < -0.39 is 14.3 Å². The highest BCUT2D eigenvalue weighted by Gasteiger charge is 2.31. The summed E-state index contributed by atoms with van der Waals surface area (Å²) in [4.78, 5) is 10.2. The van der Waals surface area contributed by atoms with Gasteiger partial charge in [0.05, 0.1) is 22.2 Å². The number of rotatable bonds is 7. The first kappa shape index (κ1) is 35.3. The van der Waals surface area contributed by atoms with E-state index in [4.69, 9.17) is 9.97 Å². The number of pyridine rings is 2. The molecule has 7 heteroatoms. The Hall–Kier alpha value is -6.90. The van der Waals surface area contributed by atoms with E-state index in [-0.39, 0.29) is 0 Å². The van der Waals surface area contributed by atoms with Crippen LogP contribution in [0.1, 0.15) is 0 Å². The molecule has 59 heavy (non-hydrogen) atoms. The van der Waals surface area contributed by atoms with E-state index in [1.54, 1.807) is 6.20 Å². The molecule has 0 amide bonds. The minimum atomic E-state index is -3.25. The number of hydrogen-bond acceptors (Lipinski definition) is 4. The number of benzene rings is 8. The van der Waals surface area contributed by atoms with Gasteiger partial charge in [0, 0.05) is 59.7 Å². The zero-order valence-electron chi connectivity index (χ0n) is 31.8. The van der Waals surface area contributed by atoms with Crippen LogP contribution in [0.5, 0.6) is 0 Å². The van der Waals surface area contributed by atoms with Crippen LogP contribution in [-0.4, -0.2) is 14.4 Å². The third-order valence-electron chi connectivity index (χ3n) is 11.6. The second kappa shape index (κ2) is 13.9. The third-order valence-corrected chi connectivity index (χ3v) is 17.7. The van der Waals surface area contributed by atoms with Crippen molar-refractivity contribution in [3.8, 4) is 11.3 Å². The molecular weight excluding hydrogens is 761 g/mol. The minimum Gasteiger partial charge on any atom is -0.309 e. The van der Waals surface area contributed by atoms with Crippen molar-refractivity contribution in [2.24, 2.45) is 0 Å². The average molecular weight is 796 g/mol. The molecule has 0 aliphatic rings. The summed E-state index contributed by atoms with van der Waals surface area (Å²) >= 11 is 0. The summed E-state index contributed by atoms with van der Waals surface area (Å²) in [5, 5.41) is 9.97. The van der Waals surface area contributed by atoms with Gasteiger partial charge in [-0.15, -0.1) is 0 Å². The maximum Gasteiger partial charge on any atom is 0.172 e. The Bertz CT molecular complexity index is 3400. The van der Waals surface area contributed by atoms with E-state index in [0.717, 1.165) is 86.9 Å². The van der Waals surface area contributed by atoms with Gasteiger partial charge in [-0.05, 0) is 47.2 Å². The second-order valence-electron chi connectivity index (χ2n) is 14.8. The lowest BCUT2D eigenvalue weighted by molar-refractivity contribution is 0.591. The highest BCUT2D eigenvalue weighted by molar-refractivity contribution is 7.85. The summed E-state index contributed by atoms with van der Waals surface area (Å²) in [7, 11) is -6.40. The van der Waals surface area contributed by atoms with E-state index in [1.807, 2.05) is 146 Å². The van der Waals surface area contributed by atoms with Gasteiger partial charge in [0.1, 0.15) is 5.65 Å². The zero-order chi connectivity index (χ0) is 39.6. The lowest BCUT2D eigenvalue weighted by Gasteiger charge is -2.20. The van der Waals surface area contributed by atoms with Crippen molar-refractivity contribution in [3.05, 3.63) is 212 Å². The Balaban J connectivity index is 1.10. The molecule has 0 aliphatic carbocycles. The fraction of sp³-hybridized carbons (Fsp3) is 0. The Morgan fingerprint density at radius 3 is 1.51 bits per heavy atom. The van der Waals surface area contributed by atoms with Crippen LogP contribution < -0.4 is 31.8 Å². The molecule has 0 unspecified atom stereocenters. The molecule has 11 rings (SSSR count). The van der Waals surface area contributed by atoms with Crippen LogP contribution in [-0.2, 0) is 9.13 Å². The number of fused-ring (bicyclic) bond motifs is 10. The number of aromatic nitrogens is 3. The summed E-state index contributed by atoms with van der Waals surface area (Å²) < 4.78 is 32.8. The van der Waals surface area contributed by atoms with Crippen molar-refractivity contribution in [3.63, 3.8) is 0 Å². The smallest absolute Gasteiger partial charge is 0.172 e. The Labute approximate surface area is 341 Å². The molecule has 280 valence electrons. The molecule has 0 aliphatic heterocycles. The van der Waals surface area contributed by atoms with Crippen LogP contribution in [0.3, 0.4) is 0 Å². The maximum absolute atomic E-state index is 15.5. The summed E-state index contributed by atoms with van der Waals surface area (Å²) in [6.45, 7) is 0. The Kier molecular flexibility index (Phi) is 8.30. The van der Waals surface area contributed by atoms with Crippen molar-refractivity contribution in [1.82, 2.24) is 14.4 Å². The Morgan fingerprint density at radius 1 is 0.407 bits per heavy atom. The van der Waals surface area contributed by atoms with E-state index in [0.29, 0.717) is 5.30 Å². The van der Waals surface area contributed by atoms with Crippen LogP contribution in [0.15, 0.2) is 212 Å². The summed E-state index contributed by atoms with van der Waals surface area (Å²) in [5.74, 6) is 0. The first-order valence-corrected chi connectivity index (χ1v) is 23.0. The van der Waals surface area contributed by atoms with Crippen molar-refractivity contribution in [2.45, 2.75) is 0 Å². The molecule has 3 heterocycles. The van der Waals surface area contributed by atoms with Gasteiger partial charge in [-0.25, -0.2) is 4.98 Å². The average Bonchev–Trinajstić information content (AvgIpc) is 3.71. The third kappa shape index (κ3) is 5.54. The van der Waals surface area contributed by atoms with Crippen molar-refractivity contribution < 1.29 is 9.13 Å². The molecule has 0 atom stereocenters. The van der Waals surface area contributed by atoms with Crippen molar-refractivity contribution in [2.75, 3.05) is 0 Å². The van der Waals surface area contributed by atoms with Crippen LogP contribution in [0.4, 0.5) is 0 Å². The van der Waals surface area contributed by atoms with Crippen LogP contribution in [0.2, 0.25) is 0 Å². The standard InChI is InChI=1S/C52H35N3O2P2/c56-58(38-15-5-1-6-16-38,39-17-7-2-8-18-39)42-27-32-49-50(34-42)55-51-44-29-26-37(33-36(44)25-30-46(51)45-23-13-14-24-47(45)52(55)54-49)48-31-28-43(35-53-48)59(57,40-19-9-3-10-20-40)41-21-11-4-12-22-41/h1-35H. The van der Waals surface area contributed by atoms with Crippen LogP contribution >= 0.6 is 14.3 Å². The van der Waals surface area contributed by atoms with Gasteiger partial charge in [0.2, 0.25) is 0 Å². The van der Waals surface area contributed by atoms with E-state index in [2.05, 4.69) is 65.1 Å². The maximum atomic E-state index is 15.5. The van der Waals surface area contributed by atoms with Gasteiger partial charge in [-0.2, -0.15) is 0 Å². The fourth-order valence-corrected chi connectivity index (χ4v) is 13.9. The number of imidazole rings is 1. The largest absolute Gasteiger partial charge is 0.309 e. The molecule has 0 saturated carbocycles. The lowest BCUT2D eigenvalue weighted by atomic mass is 9.98. The summed E-state index contributed by atoms with van der Waals surface area (Å²) in [6, 6.07) is 68.3. The van der Waals surface area contributed by atoms with E-state index in [9.17, 15) is 4.57 Å². The normalized spacial score (nSPS) is 12.2. The van der Waals surface area contributed by atoms with Crippen LogP contribution in [0.25, 0.3) is 60.4 Å². The molecule has 0 radical (unpaired) electrons. The van der Waals surface area contributed by atoms with Gasteiger partial charge < -0.3 is 9.13 Å². The summed E-state index contributed by atoms with van der Waals surface area (Å²) in [5.41, 5.74) is 5.37. The van der Waals surface area contributed by atoms with E-state index >= 15 is 4.57 Å². The fourth-order valence-electron chi connectivity index (χ4n) is 8.70. The molecule has 5 nitrogen and oxygen atoms in total. The highest BCUT2D eigenvalue weighted by atomic mass is 31.2. The van der Waals surface area contributed by atoms with Gasteiger partial charge in [0.25, 0.3) is 0 Å². The Morgan fingerprint density at radius 2 is 0.932 bits per heavy atom. The molecule has 0 saturated heterocycles. The molecule has 11 aromatic rings. The highest BCUT2D eigenvalue weighted by Crippen LogP contribution is 2.45. The second-order valence-corrected chi connectivity index (χ2v) is 20.4. The van der Waals surface area contributed by atoms with Gasteiger partial charge in [-0.3, -0.25) is 9.38 Å². The first-order valence-electron chi connectivity index (χ1n) is 19.6. The van der Waals surface area contributed by atoms with Crippen molar-refractivity contribution >= 4 is 95.2 Å². The minimum absolute atomic E-state index is 0.690. The number of nitrogens with zero attached hydrogens (tertiary/aromatic N) is 3. The molecule has 0 spiro atoms. The van der Waals surface area contributed by atoms with Crippen molar-refractivity contribution in [1.29, 1.82) is 0 Å². The molecule has 0 fully saturated rings. The monoisotopic (exact) mass is 795 g/mol. The van der Waals surface area contributed by atoms with E-state index in [1.165, 1.54) is 0 Å². The van der Waals surface area contributed by atoms with Gasteiger partial charge in [-0.1, -0.05) is 170 Å². The SMILES string of the molecule is O=P(c1ccccc1)(c1ccccc1)c1ccc(-c2ccc3c(ccc4c5ccccc5c5nc6ccc(P(=O)(c7ccccc7)c7ccccc7)cc6n5c34)c2)nc1. The predicted molar refractivity (Wildman–Crippen MR) is 247 cm³/mol. The molecule has 0 N–H and O–H groups in total. The number of hydrogen-bond donors (Lipinski definition) is 0. The zero-order valence-corrected chi connectivity index (χ0v) is 33.5. The predicted octanol–water partition coefficient (Wildman–Crippen LogP) is 10.3. The topological polar surface area (TPSA) is 64.3 Å². The van der Waals surface area contributed by atoms with Gasteiger partial charge in [0.15, 0.2) is 14.3 Å². The molecule has 8 aromatic carbocycles. The van der Waals surface area contributed by atoms with Crippen LogP contribution in [0, 0.1) is 0 Å². The van der Waals surface area contributed by atoms with Gasteiger partial charge >= 0.3 is 0 Å². The molecular formula is C52H35N3O2P2. The molecule has 3 aromatic heterocycles. The molecule has 0 bridgehead atoms.